The van der Waals surface area contributed by atoms with Crippen LogP contribution in [0.1, 0.15) is 44.5 Å². The average molecular weight is 393 g/mol. The molecule has 0 atom stereocenters. The van der Waals surface area contributed by atoms with Crippen molar-refractivity contribution in [2.75, 3.05) is 20.1 Å². The van der Waals surface area contributed by atoms with Gasteiger partial charge in [0.1, 0.15) is 5.82 Å². The van der Waals surface area contributed by atoms with Crippen molar-refractivity contribution in [3.63, 3.8) is 0 Å². The van der Waals surface area contributed by atoms with E-state index in [2.05, 4.69) is 70.0 Å². The summed E-state index contributed by atoms with van der Waals surface area (Å²) in [6.45, 7) is 6.21. The smallest absolute Gasteiger partial charge is 0.191 e. The Morgan fingerprint density at radius 3 is 2.48 bits per heavy atom. The molecule has 2 heterocycles. The van der Waals surface area contributed by atoms with Crippen LogP contribution in [0.25, 0.3) is 5.65 Å². The van der Waals surface area contributed by atoms with Crippen LogP contribution < -0.4 is 10.6 Å². The number of benzene rings is 1. The Labute approximate surface area is 173 Å². The lowest BCUT2D eigenvalue weighted by Gasteiger charge is -2.33. The second-order valence-electron chi connectivity index (χ2n) is 7.35. The molecule has 0 aliphatic carbocycles. The Morgan fingerprint density at radius 2 is 1.76 bits per heavy atom. The van der Waals surface area contributed by atoms with Crippen LogP contribution in [-0.2, 0) is 11.8 Å². The van der Waals surface area contributed by atoms with Gasteiger partial charge in [0.2, 0.25) is 0 Å². The van der Waals surface area contributed by atoms with Gasteiger partial charge in [-0.1, -0.05) is 50.2 Å². The summed E-state index contributed by atoms with van der Waals surface area (Å²) in [5, 5.41) is 15.5. The first-order valence-electron chi connectivity index (χ1n) is 10.5. The fourth-order valence-electron chi connectivity index (χ4n) is 3.79. The lowest BCUT2D eigenvalue weighted by atomic mass is 9.76. The van der Waals surface area contributed by atoms with Crippen LogP contribution >= 0.6 is 0 Å². The van der Waals surface area contributed by atoms with Crippen molar-refractivity contribution in [1.29, 1.82) is 0 Å². The Hall–Kier alpha value is -2.89. The Bertz CT molecular complexity index is 911. The molecule has 0 unspecified atom stereocenters. The number of pyridine rings is 1. The lowest BCUT2D eigenvalue weighted by molar-refractivity contribution is 0.389. The lowest BCUT2D eigenvalue weighted by Crippen LogP contribution is -2.45. The Kier molecular flexibility index (Phi) is 7.22. The number of hydrogen-bond acceptors (Lipinski definition) is 3. The predicted molar refractivity (Wildman–Crippen MR) is 119 cm³/mol. The number of hydrogen-bond donors (Lipinski definition) is 2. The molecule has 3 rings (SSSR count). The molecule has 3 aromatic rings. The van der Waals surface area contributed by atoms with Crippen LogP contribution in [0.3, 0.4) is 0 Å². The molecule has 0 spiro atoms. The maximum atomic E-state index is 4.40. The first-order chi connectivity index (χ1) is 14.2. The van der Waals surface area contributed by atoms with Gasteiger partial charge < -0.3 is 10.6 Å². The molecular formula is C23H32N6. The number of nitrogens with one attached hydrogen (secondary N) is 2. The maximum absolute atomic E-state index is 4.40. The molecule has 0 aliphatic rings. The van der Waals surface area contributed by atoms with Gasteiger partial charge in [0.25, 0.3) is 0 Å². The van der Waals surface area contributed by atoms with Crippen LogP contribution in [0.5, 0.6) is 0 Å². The monoisotopic (exact) mass is 392 g/mol. The fourth-order valence-corrected chi connectivity index (χ4v) is 3.79. The molecule has 0 amide bonds. The van der Waals surface area contributed by atoms with Crippen molar-refractivity contribution in [3.8, 4) is 0 Å². The summed E-state index contributed by atoms with van der Waals surface area (Å²) in [4.78, 5) is 4.40. The highest BCUT2D eigenvalue weighted by atomic mass is 15.2. The van der Waals surface area contributed by atoms with Crippen LogP contribution in [0.15, 0.2) is 59.7 Å². The number of guanidine groups is 1. The average Bonchev–Trinajstić information content (AvgIpc) is 3.20. The second-order valence-corrected chi connectivity index (χ2v) is 7.35. The van der Waals surface area contributed by atoms with Crippen LogP contribution in [-0.4, -0.2) is 40.7 Å². The summed E-state index contributed by atoms with van der Waals surface area (Å²) >= 11 is 0. The maximum Gasteiger partial charge on any atom is 0.191 e. The van der Waals surface area contributed by atoms with E-state index in [1.54, 1.807) is 0 Å². The van der Waals surface area contributed by atoms with Gasteiger partial charge in [0.05, 0.1) is 0 Å². The highest BCUT2D eigenvalue weighted by molar-refractivity contribution is 5.79. The largest absolute Gasteiger partial charge is 0.356 e. The fraction of sp³-hybridized carbons (Fsp3) is 0.435. The van der Waals surface area contributed by atoms with Gasteiger partial charge in [0, 0.05) is 38.2 Å². The molecule has 0 saturated carbocycles. The minimum Gasteiger partial charge on any atom is -0.356 e. The third kappa shape index (κ3) is 4.94. The van der Waals surface area contributed by atoms with Crippen molar-refractivity contribution < 1.29 is 0 Å². The zero-order valence-electron chi connectivity index (χ0n) is 17.7. The molecule has 29 heavy (non-hydrogen) atoms. The van der Waals surface area contributed by atoms with E-state index < -0.39 is 0 Å². The first kappa shape index (κ1) is 20.8. The molecule has 0 aliphatic heterocycles. The van der Waals surface area contributed by atoms with Gasteiger partial charge in [-0.05, 0) is 37.0 Å². The number of fused-ring (bicyclic) bond motifs is 1. The van der Waals surface area contributed by atoms with E-state index in [-0.39, 0.29) is 5.41 Å². The first-order valence-corrected chi connectivity index (χ1v) is 10.5. The molecule has 0 bridgehead atoms. The molecule has 0 radical (unpaired) electrons. The number of aromatic nitrogens is 3. The molecule has 6 heteroatoms. The van der Waals surface area contributed by atoms with Gasteiger partial charge in [-0.2, -0.15) is 0 Å². The van der Waals surface area contributed by atoms with E-state index >= 15 is 0 Å². The topological polar surface area (TPSA) is 66.6 Å². The highest BCUT2D eigenvalue weighted by Crippen LogP contribution is 2.30. The summed E-state index contributed by atoms with van der Waals surface area (Å²) < 4.78 is 2.05. The van der Waals surface area contributed by atoms with E-state index in [1.807, 2.05) is 35.8 Å². The molecule has 1 aromatic carbocycles. The predicted octanol–water partition coefficient (Wildman–Crippen LogP) is 3.58. The zero-order chi connectivity index (χ0) is 20.5. The molecular weight excluding hydrogens is 360 g/mol. The summed E-state index contributed by atoms with van der Waals surface area (Å²) in [6, 6.07) is 16.7. The summed E-state index contributed by atoms with van der Waals surface area (Å²) in [6.07, 6.45) is 6.00. The van der Waals surface area contributed by atoms with Crippen molar-refractivity contribution in [2.45, 2.75) is 44.9 Å². The normalized spacial score (nSPS) is 12.3. The van der Waals surface area contributed by atoms with Crippen molar-refractivity contribution in [1.82, 2.24) is 25.2 Å². The zero-order valence-corrected chi connectivity index (χ0v) is 17.7. The Balaban J connectivity index is 1.51. The van der Waals surface area contributed by atoms with E-state index in [0.717, 1.165) is 56.2 Å². The van der Waals surface area contributed by atoms with Crippen molar-refractivity contribution in [3.05, 3.63) is 66.1 Å². The Morgan fingerprint density at radius 1 is 1.00 bits per heavy atom. The minimum atomic E-state index is 0.110. The van der Waals surface area contributed by atoms with E-state index in [1.165, 1.54) is 5.56 Å². The second kappa shape index (κ2) is 10.0. The standard InChI is InChI=1S/C23H32N6/c1-4-23(5-2,19-12-7-6-8-13-19)18-26-22(24-3)25-16-11-15-21-28-27-20-14-9-10-17-29(20)21/h6-10,12-14,17H,4-5,11,15-16,18H2,1-3H3,(H2,24,25,26). The third-order valence-electron chi connectivity index (χ3n) is 5.81. The van der Waals surface area contributed by atoms with Crippen molar-refractivity contribution in [2.24, 2.45) is 4.99 Å². The van der Waals surface area contributed by atoms with Gasteiger partial charge in [0.15, 0.2) is 11.6 Å². The molecule has 6 nitrogen and oxygen atoms in total. The number of nitrogens with zero attached hydrogens (tertiary/aromatic N) is 4. The number of rotatable bonds is 9. The molecule has 0 fully saturated rings. The summed E-state index contributed by atoms with van der Waals surface area (Å²) in [7, 11) is 1.82. The SMILES string of the molecule is CCC(CC)(CNC(=NC)NCCCc1nnc2ccccn12)c1ccccc1. The van der Waals surface area contributed by atoms with Crippen LogP contribution in [0, 0.1) is 0 Å². The van der Waals surface area contributed by atoms with Crippen LogP contribution in [0.4, 0.5) is 0 Å². The third-order valence-corrected chi connectivity index (χ3v) is 5.81. The molecule has 2 aromatic heterocycles. The van der Waals surface area contributed by atoms with Crippen LogP contribution in [0.2, 0.25) is 0 Å². The number of aliphatic imine (C=N–C) groups is 1. The molecule has 2 N–H and O–H groups in total. The van der Waals surface area contributed by atoms with Crippen molar-refractivity contribution >= 4 is 11.6 Å². The minimum absolute atomic E-state index is 0.110. The summed E-state index contributed by atoms with van der Waals surface area (Å²) in [5.74, 6) is 1.84. The quantitative estimate of drug-likeness (QED) is 0.332. The van der Waals surface area contributed by atoms with E-state index in [9.17, 15) is 0 Å². The van der Waals surface area contributed by atoms with Gasteiger partial charge in [-0.3, -0.25) is 9.39 Å². The highest BCUT2D eigenvalue weighted by Gasteiger charge is 2.28. The molecule has 0 saturated heterocycles. The van der Waals surface area contributed by atoms with Gasteiger partial charge in [-0.15, -0.1) is 10.2 Å². The van der Waals surface area contributed by atoms with E-state index in [0.29, 0.717) is 0 Å². The number of aryl methyl sites for hydroxylation is 1. The molecule has 154 valence electrons. The van der Waals surface area contributed by atoms with Gasteiger partial charge >= 0.3 is 0 Å². The van der Waals surface area contributed by atoms with Gasteiger partial charge in [-0.25, -0.2) is 0 Å². The summed E-state index contributed by atoms with van der Waals surface area (Å²) in [5.41, 5.74) is 2.38. The van der Waals surface area contributed by atoms with E-state index in [4.69, 9.17) is 0 Å².